The lowest BCUT2D eigenvalue weighted by Crippen LogP contribution is -2.11. The van der Waals surface area contributed by atoms with Crippen LogP contribution in [0.4, 0.5) is 0 Å². The number of hydrogen-bond acceptors (Lipinski definition) is 2. The van der Waals surface area contributed by atoms with Crippen molar-refractivity contribution in [3.63, 3.8) is 0 Å². The van der Waals surface area contributed by atoms with Gasteiger partial charge in [-0.25, -0.2) is 0 Å². The zero-order valence-electron chi connectivity index (χ0n) is 10.5. The summed E-state index contributed by atoms with van der Waals surface area (Å²) in [6, 6.07) is 11.9. The van der Waals surface area contributed by atoms with E-state index in [4.69, 9.17) is 5.73 Å². The Balaban J connectivity index is 2.24. The molecule has 94 valence electrons. The second kappa shape index (κ2) is 4.24. The van der Waals surface area contributed by atoms with Gasteiger partial charge in [0.1, 0.15) is 0 Å². The van der Waals surface area contributed by atoms with Crippen LogP contribution in [0.15, 0.2) is 42.6 Å². The number of primary amides is 1. The van der Waals surface area contributed by atoms with Crippen molar-refractivity contribution < 1.29 is 4.79 Å². The Morgan fingerprint density at radius 3 is 2.58 bits per heavy atom. The van der Waals surface area contributed by atoms with Gasteiger partial charge in [0, 0.05) is 5.39 Å². The number of aryl methyl sites for hydroxylation is 1. The Morgan fingerprint density at radius 2 is 1.89 bits per heavy atom. The summed E-state index contributed by atoms with van der Waals surface area (Å²) in [6.45, 7) is 2.04. The van der Waals surface area contributed by atoms with E-state index in [0.29, 0.717) is 5.56 Å². The number of fused-ring (bicyclic) bond motifs is 1. The van der Waals surface area contributed by atoms with E-state index in [1.807, 2.05) is 43.3 Å². The van der Waals surface area contributed by atoms with Crippen LogP contribution in [0.5, 0.6) is 0 Å². The van der Waals surface area contributed by atoms with Crippen molar-refractivity contribution in [1.29, 1.82) is 0 Å². The summed E-state index contributed by atoms with van der Waals surface area (Å²) >= 11 is 0. The lowest BCUT2D eigenvalue weighted by Gasteiger charge is -2.05. The number of carbonyl (C=O) groups is 1. The number of rotatable bonds is 2. The fourth-order valence-corrected chi connectivity index (χ4v) is 2.17. The molecule has 0 aliphatic rings. The molecule has 0 saturated heterocycles. The maximum atomic E-state index is 11.5. The van der Waals surface area contributed by atoms with Crippen molar-refractivity contribution >= 4 is 16.8 Å². The van der Waals surface area contributed by atoms with Crippen molar-refractivity contribution in [2.24, 2.45) is 5.73 Å². The third kappa shape index (κ3) is 1.97. The predicted molar refractivity (Wildman–Crippen MR) is 74.8 cm³/mol. The highest BCUT2D eigenvalue weighted by atomic mass is 16.1. The summed E-state index contributed by atoms with van der Waals surface area (Å²) in [7, 11) is 0. The van der Waals surface area contributed by atoms with E-state index in [2.05, 4.69) is 10.2 Å². The first-order chi connectivity index (χ1) is 9.15. The van der Waals surface area contributed by atoms with E-state index in [-0.39, 0.29) is 0 Å². The number of aromatic amines is 1. The Morgan fingerprint density at radius 1 is 1.16 bits per heavy atom. The van der Waals surface area contributed by atoms with Gasteiger partial charge in [0.05, 0.1) is 17.3 Å². The number of nitrogens with two attached hydrogens (primary N) is 1. The summed E-state index contributed by atoms with van der Waals surface area (Å²) in [4.78, 5) is 11.5. The first kappa shape index (κ1) is 11.5. The fourth-order valence-electron chi connectivity index (χ4n) is 2.17. The molecule has 1 aromatic heterocycles. The van der Waals surface area contributed by atoms with E-state index in [1.54, 1.807) is 6.20 Å². The minimum absolute atomic E-state index is 0.444. The topological polar surface area (TPSA) is 71.8 Å². The average Bonchev–Trinajstić information content (AvgIpc) is 2.86. The summed E-state index contributed by atoms with van der Waals surface area (Å²) in [5.74, 6) is -0.444. The number of nitrogens with zero attached hydrogens (tertiary/aromatic N) is 1. The molecule has 3 rings (SSSR count). The first-order valence-corrected chi connectivity index (χ1v) is 5.99. The third-order valence-electron chi connectivity index (χ3n) is 3.21. The number of nitrogens with one attached hydrogen (secondary N) is 1. The van der Waals surface area contributed by atoms with Gasteiger partial charge in [0.2, 0.25) is 5.91 Å². The molecule has 3 aromatic rings. The highest BCUT2D eigenvalue weighted by Gasteiger charge is 2.11. The van der Waals surface area contributed by atoms with Crippen molar-refractivity contribution in [1.82, 2.24) is 10.2 Å². The monoisotopic (exact) mass is 251 g/mol. The average molecular weight is 251 g/mol. The molecular formula is C15H13N3O. The highest BCUT2D eigenvalue weighted by Crippen LogP contribution is 2.26. The van der Waals surface area contributed by atoms with Gasteiger partial charge in [-0.05, 0) is 30.2 Å². The SMILES string of the molecule is Cc1ccc(-c2cc(C(N)=O)c3cn[nH]c3c2)cc1. The highest BCUT2D eigenvalue weighted by molar-refractivity contribution is 6.07. The second-order valence-electron chi connectivity index (χ2n) is 4.59. The van der Waals surface area contributed by atoms with Gasteiger partial charge in [-0.1, -0.05) is 29.8 Å². The fraction of sp³-hybridized carbons (Fsp3) is 0.0667. The van der Waals surface area contributed by atoms with E-state index in [9.17, 15) is 4.79 Å². The van der Waals surface area contributed by atoms with Crippen molar-refractivity contribution in [3.8, 4) is 11.1 Å². The lowest BCUT2D eigenvalue weighted by molar-refractivity contribution is 0.100. The first-order valence-electron chi connectivity index (χ1n) is 5.99. The van der Waals surface area contributed by atoms with E-state index in [0.717, 1.165) is 22.0 Å². The van der Waals surface area contributed by atoms with E-state index >= 15 is 0 Å². The van der Waals surface area contributed by atoms with Crippen LogP contribution in [-0.4, -0.2) is 16.1 Å². The van der Waals surface area contributed by atoms with E-state index < -0.39 is 5.91 Å². The Bertz CT molecular complexity index is 757. The van der Waals surface area contributed by atoms with Crippen LogP contribution in [0.25, 0.3) is 22.0 Å². The molecule has 0 spiro atoms. The molecular weight excluding hydrogens is 238 g/mol. The summed E-state index contributed by atoms with van der Waals surface area (Å²) < 4.78 is 0. The molecule has 1 amide bonds. The molecule has 0 unspecified atom stereocenters. The molecule has 19 heavy (non-hydrogen) atoms. The number of hydrogen-bond donors (Lipinski definition) is 2. The van der Waals surface area contributed by atoms with Crippen molar-refractivity contribution in [3.05, 3.63) is 53.7 Å². The van der Waals surface area contributed by atoms with Gasteiger partial charge in [-0.2, -0.15) is 5.10 Å². The summed E-state index contributed by atoms with van der Waals surface area (Å²) in [5, 5.41) is 7.59. The van der Waals surface area contributed by atoms with Gasteiger partial charge >= 0.3 is 0 Å². The van der Waals surface area contributed by atoms with Crippen LogP contribution in [0, 0.1) is 6.92 Å². The largest absolute Gasteiger partial charge is 0.366 e. The molecule has 3 N–H and O–H groups in total. The van der Waals surface area contributed by atoms with Crippen LogP contribution in [-0.2, 0) is 0 Å². The van der Waals surface area contributed by atoms with Crippen molar-refractivity contribution in [2.75, 3.05) is 0 Å². The molecule has 2 aromatic carbocycles. The standard InChI is InChI=1S/C15H13N3O/c1-9-2-4-10(5-3-9)11-6-12(15(16)19)13-8-17-18-14(13)7-11/h2-8H,1H3,(H2,16,19)(H,17,18). The molecule has 0 fully saturated rings. The number of H-pyrrole nitrogens is 1. The summed E-state index contributed by atoms with van der Waals surface area (Å²) in [5.41, 5.74) is 9.92. The van der Waals surface area contributed by atoms with Gasteiger partial charge in [0.15, 0.2) is 0 Å². The zero-order chi connectivity index (χ0) is 13.4. The predicted octanol–water partition coefficient (Wildman–Crippen LogP) is 2.64. The molecule has 0 radical (unpaired) electrons. The molecule has 0 aliphatic carbocycles. The zero-order valence-corrected chi connectivity index (χ0v) is 10.5. The number of carbonyl (C=O) groups excluding carboxylic acids is 1. The second-order valence-corrected chi connectivity index (χ2v) is 4.59. The van der Waals surface area contributed by atoms with Crippen LogP contribution >= 0.6 is 0 Å². The van der Waals surface area contributed by atoms with E-state index in [1.165, 1.54) is 5.56 Å². The minimum Gasteiger partial charge on any atom is -0.366 e. The molecule has 4 nitrogen and oxygen atoms in total. The van der Waals surface area contributed by atoms with Gasteiger partial charge in [-0.15, -0.1) is 0 Å². The smallest absolute Gasteiger partial charge is 0.249 e. The lowest BCUT2D eigenvalue weighted by atomic mass is 9.99. The summed E-state index contributed by atoms with van der Waals surface area (Å²) in [6.07, 6.45) is 1.62. The molecule has 0 saturated carbocycles. The van der Waals surface area contributed by atoms with Gasteiger partial charge in [-0.3, -0.25) is 9.89 Å². The molecule has 0 atom stereocenters. The van der Waals surface area contributed by atoms with Crippen molar-refractivity contribution in [2.45, 2.75) is 6.92 Å². The number of benzene rings is 2. The Hall–Kier alpha value is -2.62. The third-order valence-corrected chi connectivity index (χ3v) is 3.21. The van der Waals surface area contributed by atoms with Crippen LogP contribution in [0.2, 0.25) is 0 Å². The maximum absolute atomic E-state index is 11.5. The maximum Gasteiger partial charge on any atom is 0.249 e. The molecule has 0 bridgehead atoms. The van der Waals surface area contributed by atoms with Crippen LogP contribution < -0.4 is 5.73 Å². The van der Waals surface area contributed by atoms with Crippen LogP contribution in [0.3, 0.4) is 0 Å². The molecule has 1 heterocycles. The number of amides is 1. The normalized spacial score (nSPS) is 10.8. The minimum atomic E-state index is -0.444. The van der Waals surface area contributed by atoms with Crippen LogP contribution in [0.1, 0.15) is 15.9 Å². The van der Waals surface area contributed by atoms with Gasteiger partial charge in [0.25, 0.3) is 0 Å². The molecule has 4 heteroatoms. The Kier molecular flexibility index (Phi) is 2.56. The van der Waals surface area contributed by atoms with Gasteiger partial charge < -0.3 is 5.73 Å². The Labute approximate surface area is 110 Å². The number of aromatic nitrogens is 2. The quantitative estimate of drug-likeness (QED) is 0.735. The molecule has 0 aliphatic heterocycles.